The normalized spacial score (nSPS) is 12.1. The molecule has 0 bridgehead atoms. The van der Waals surface area contributed by atoms with Crippen LogP contribution in [0.25, 0.3) is 5.57 Å². The summed E-state index contributed by atoms with van der Waals surface area (Å²) in [5.74, 6) is 0. The number of hydrogen-bond donors (Lipinski definition) is 1. The molecule has 1 aromatic rings. The van der Waals surface area contributed by atoms with Crippen LogP contribution in [-0.4, -0.2) is 11.7 Å². The lowest BCUT2D eigenvalue weighted by molar-refractivity contribution is 1.19. The van der Waals surface area contributed by atoms with Crippen molar-refractivity contribution < 1.29 is 0 Å². The Morgan fingerprint density at radius 2 is 2.35 bits per heavy atom. The summed E-state index contributed by atoms with van der Waals surface area (Å²) in [7, 11) is 0. The number of rotatable bonds is 3. The second kappa shape index (κ2) is 5.61. The highest BCUT2D eigenvalue weighted by atomic mass is 14.7. The number of nitrogens with zero attached hydrogens (tertiary/aromatic N) is 3. The Morgan fingerprint density at radius 3 is 2.94 bits per heavy atom. The molecule has 4 heteroatoms. The lowest BCUT2D eigenvalue weighted by Crippen LogP contribution is -1.95. The van der Waals surface area contributed by atoms with E-state index in [0.29, 0.717) is 11.3 Å². The fourth-order valence-electron chi connectivity index (χ4n) is 1.39. The molecule has 0 amide bonds. The van der Waals surface area contributed by atoms with Gasteiger partial charge in [0.1, 0.15) is 0 Å². The van der Waals surface area contributed by atoms with E-state index in [-0.39, 0.29) is 0 Å². The quantitative estimate of drug-likeness (QED) is 0.488. The second-order valence-electron chi connectivity index (χ2n) is 3.61. The SMILES string of the molecule is C=N/C=C(\C=C(/C)C#N)c1cc(N)cnc1C. The van der Waals surface area contributed by atoms with Crippen molar-refractivity contribution in [2.24, 2.45) is 4.99 Å². The van der Waals surface area contributed by atoms with Crippen LogP contribution in [0.2, 0.25) is 0 Å². The van der Waals surface area contributed by atoms with Gasteiger partial charge in [-0.1, -0.05) is 0 Å². The lowest BCUT2D eigenvalue weighted by atomic mass is 10.0. The van der Waals surface area contributed by atoms with Crippen LogP contribution < -0.4 is 5.73 Å². The monoisotopic (exact) mass is 226 g/mol. The van der Waals surface area contributed by atoms with E-state index in [2.05, 4.69) is 22.8 Å². The Kier molecular flexibility index (Phi) is 4.18. The van der Waals surface area contributed by atoms with Crippen LogP contribution in [0, 0.1) is 18.3 Å². The average molecular weight is 226 g/mol. The summed E-state index contributed by atoms with van der Waals surface area (Å²) < 4.78 is 0. The molecule has 0 atom stereocenters. The van der Waals surface area contributed by atoms with E-state index in [1.807, 2.05) is 6.92 Å². The largest absolute Gasteiger partial charge is 0.397 e. The number of aromatic nitrogens is 1. The number of nitriles is 1. The number of nitrogens with two attached hydrogens (primary N) is 1. The molecule has 0 saturated heterocycles. The number of pyridine rings is 1. The van der Waals surface area contributed by atoms with Gasteiger partial charge < -0.3 is 5.73 Å². The van der Waals surface area contributed by atoms with Crippen LogP contribution in [0.4, 0.5) is 5.69 Å². The first-order chi connectivity index (χ1) is 8.08. The molecular formula is C13H14N4. The fraction of sp³-hybridized carbons (Fsp3) is 0.154. The summed E-state index contributed by atoms with van der Waals surface area (Å²) in [6.45, 7) is 7.03. The molecule has 4 nitrogen and oxygen atoms in total. The minimum atomic E-state index is 0.573. The van der Waals surface area contributed by atoms with Crippen LogP contribution in [0.1, 0.15) is 18.2 Å². The highest BCUT2D eigenvalue weighted by Gasteiger charge is 2.05. The van der Waals surface area contributed by atoms with E-state index in [1.54, 1.807) is 31.5 Å². The maximum absolute atomic E-state index is 8.79. The minimum absolute atomic E-state index is 0.573. The van der Waals surface area contributed by atoms with Crippen molar-refractivity contribution in [2.45, 2.75) is 13.8 Å². The van der Waals surface area contributed by atoms with Gasteiger partial charge in [0.05, 0.1) is 18.0 Å². The zero-order chi connectivity index (χ0) is 12.8. The summed E-state index contributed by atoms with van der Waals surface area (Å²) in [5, 5.41) is 8.79. The van der Waals surface area contributed by atoms with Crippen LogP contribution in [0.3, 0.4) is 0 Å². The lowest BCUT2D eigenvalue weighted by Gasteiger charge is -2.06. The molecule has 86 valence electrons. The molecule has 0 fully saturated rings. The number of hydrogen-bond acceptors (Lipinski definition) is 4. The second-order valence-corrected chi connectivity index (χ2v) is 3.61. The molecule has 0 unspecified atom stereocenters. The zero-order valence-electron chi connectivity index (χ0n) is 9.94. The van der Waals surface area contributed by atoms with Crippen LogP contribution in [0.15, 0.2) is 35.1 Å². The topological polar surface area (TPSA) is 75.1 Å². The van der Waals surface area contributed by atoms with Gasteiger partial charge in [-0.25, -0.2) is 0 Å². The Labute approximate surface area is 101 Å². The third kappa shape index (κ3) is 3.28. The predicted octanol–water partition coefficient (Wildman–Crippen LogP) is 2.48. The predicted molar refractivity (Wildman–Crippen MR) is 70.3 cm³/mol. The standard InChI is InChI=1S/C13H14N4/c1-9(6-14)4-11(7-16-3)13-5-12(15)8-17-10(13)2/h4-5,7-8H,3,15H2,1-2H3/b9-4+,11-7+. The molecule has 1 rings (SSSR count). The van der Waals surface area contributed by atoms with E-state index < -0.39 is 0 Å². The maximum atomic E-state index is 8.79. The number of allylic oxidation sites excluding steroid dienone is 3. The molecule has 2 N–H and O–H groups in total. The maximum Gasteiger partial charge on any atom is 0.0944 e. The van der Waals surface area contributed by atoms with Gasteiger partial charge in [-0.3, -0.25) is 9.98 Å². The van der Waals surface area contributed by atoms with Gasteiger partial charge in [-0.05, 0) is 32.7 Å². The molecule has 17 heavy (non-hydrogen) atoms. The van der Waals surface area contributed by atoms with Crippen molar-refractivity contribution in [1.29, 1.82) is 5.26 Å². The van der Waals surface area contributed by atoms with Crippen LogP contribution >= 0.6 is 0 Å². The summed E-state index contributed by atoms with van der Waals surface area (Å²) in [5.41, 5.74) is 9.32. The first-order valence-corrected chi connectivity index (χ1v) is 5.05. The van der Waals surface area contributed by atoms with Gasteiger partial charge in [0.25, 0.3) is 0 Å². The third-order valence-corrected chi connectivity index (χ3v) is 2.20. The van der Waals surface area contributed by atoms with Crippen molar-refractivity contribution in [3.05, 3.63) is 41.4 Å². The van der Waals surface area contributed by atoms with Gasteiger partial charge in [-0.2, -0.15) is 5.26 Å². The van der Waals surface area contributed by atoms with Gasteiger partial charge in [0.15, 0.2) is 0 Å². The molecule has 0 aliphatic carbocycles. The number of anilines is 1. The van der Waals surface area contributed by atoms with E-state index in [0.717, 1.165) is 16.8 Å². The molecule has 0 saturated carbocycles. The average Bonchev–Trinajstić information content (AvgIpc) is 2.31. The van der Waals surface area contributed by atoms with Crippen molar-refractivity contribution in [1.82, 2.24) is 4.98 Å². The fourth-order valence-corrected chi connectivity index (χ4v) is 1.39. The van der Waals surface area contributed by atoms with Crippen molar-refractivity contribution in [2.75, 3.05) is 5.73 Å². The molecule has 1 aromatic heterocycles. The Morgan fingerprint density at radius 1 is 1.65 bits per heavy atom. The third-order valence-electron chi connectivity index (χ3n) is 2.20. The van der Waals surface area contributed by atoms with Gasteiger partial charge in [0.2, 0.25) is 0 Å². The highest BCUT2D eigenvalue weighted by molar-refractivity contribution is 5.78. The highest BCUT2D eigenvalue weighted by Crippen LogP contribution is 2.22. The van der Waals surface area contributed by atoms with E-state index in [9.17, 15) is 0 Å². The van der Waals surface area contributed by atoms with Crippen molar-refractivity contribution in [3.63, 3.8) is 0 Å². The first-order valence-electron chi connectivity index (χ1n) is 5.05. The Bertz CT molecular complexity index is 533. The van der Waals surface area contributed by atoms with Gasteiger partial charge >= 0.3 is 0 Å². The van der Waals surface area contributed by atoms with Crippen LogP contribution in [0.5, 0.6) is 0 Å². The molecule has 0 aromatic carbocycles. The van der Waals surface area contributed by atoms with E-state index >= 15 is 0 Å². The number of aryl methyl sites for hydroxylation is 1. The molecule has 0 aliphatic heterocycles. The molecule has 0 aliphatic rings. The van der Waals surface area contributed by atoms with Gasteiger partial charge in [-0.15, -0.1) is 0 Å². The van der Waals surface area contributed by atoms with E-state index in [4.69, 9.17) is 11.0 Å². The Hall–Kier alpha value is -2.41. The zero-order valence-corrected chi connectivity index (χ0v) is 9.94. The summed E-state index contributed by atoms with van der Waals surface area (Å²) >= 11 is 0. The van der Waals surface area contributed by atoms with Gasteiger partial charge in [0, 0.05) is 28.6 Å². The number of aliphatic imine (C=N–C) groups is 1. The molecule has 1 heterocycles. The number of nitrogen functional groups attached to an aromatic ring is 1. The first kappa shape index (κ1) is 12.7. The summed E-state index contributed by atoms with van der Waals surface area (Å²) in [6.07, 6.45) is 4.92. The van der Waals surface area contributed by atoms with Crippen molar-refractivity contribution >= 4 is 18.0 Å². The molecule has 0 radical (unpaired) electrons. The summed E-state index contributed by atoms with van der Waals surface area (Å²) in [4.78, 5) is 7.91. The summed E-state index contributed by atoms with van der Waals surface area (Å²) in [6, 6.07) is 3.87. The van der Waals surface area contributed by atoms with Crippen LogP contribution in [-0.2, 0) is 0 Å². The van der Waals surface area contributed by atoms with E-state index in [1.165, 1.54) is 0 Å². The minimum Gasteiger partial charge on any atom is -0.397 e. The molecular weight excluding hydrogens is 212 g/mol. The molecule has 0 spiro atoms. The smallest absolute Gasteiger partial charge is 0.0944 e. The Balaban J connectivity index is 3.35. The van der Waals surface area contributed by atoms with Crippen molar-refractivity contribution in [3.8, 4) is 6.07 Å².